The van der Waals surface area contributed by atoms with E-state index in [9.17, 15) is 4.39 Å². The van der Waals surface area contributed by atoms with Crippen molar-refractivity contribution in [3.63, 3.8) is 0 Å². The summed E-state index contributed by atoms with van der Waals surface area (Å²) in [5.74, 6) is -0.538. The summed E-state index contributed by atoms with van der Waals surface area (Å²) in [6, 6.07) is 4.25. The molecule has 4 nitrogen and oxygen atoms in total. The molecule has 0 fully saturated rings. The number of ether oxygens (including phenoxy) is 1. The van der Waals surface area contributed by atoms with Crippen LogP contribution in [0.1, 0.15) is 12.5 Å². The SMILES string of the molecule is COC(C)CN(C)c1ccc(F)cc1C(=N)N. The number of amidine groups is 1. The third-order valence-corrected chi connectivity index (χ3v) is 2.59. The van der Waals surface area contributed by atoms with Crippen LogP contribution in [0.4, 0.5) is 10.1 Å². The molecule has 0 spiro atoms. The second kappa shape index (κ2) is 5.63. The lowest BCUT2D eigenvalue weighted by molar-refractivity contribution is 0.124. The van der Waals surface area contributed by atoms with Gasteiger partial charge in [-0.05, 0) is 25.1 Å². The minimum Gasteiger partial charge on any atom is -0.384 e. The van der Waals surface area contributed by atoms with Crippen LogP contribution in [0.3, 0.4) is 0 Å². The quantitative estimate of drug-likeness (QED) is 0.605. The lowest BCUT2D eigenvalue weighted by Gasteiger charge is -2.24. The number of anilines is 1. The van der Waals surface area contributed by atoms with E-state index in [-0.39, 0.29) is 11.9 Å². The number of nitrogens with one attached hydrogen (secondary N) is 1. The molecule has 0 heterocycles. The van der Waals surface area contributed by atoms with Gasteiger partial charge >= 0.3 is 0 Å². The number of hydrogen-bond acceptors (Lipinski definition) is 3. The number of nitrogens with zero attached hydrogens (tertiary/aromatic N) is 1. The molecule has 1 unspecified atom stereocenters. The van der Waals surface area contributed by atoms with Gasteiger partial charge in [0.1, 0.15) is 11.7 Å². The Hall–Kier alpha value is -1.62. The van der Waals surface area contributed by atoms with Gasteiger partial charge in [-0.2, -0.15) is 0 Å². The largest absolute Gasteiger partial charge is 0.384 e. The summed E-state index contributed by atoms with van der Waals surface area (Å²) >= 11 is 0. The predicted octanol–water partition coefficient (Wildman–Crippen LogP) is 1.58. The summed E-state index contributed by atoms with van der Waals surface area (Å²) in [7, 11) is 3.49. The molecule has 3 N–H and O–H groups in total. The molecule has 0 aliphatic heterocycles. The number of hydrogen-bond donors (Lipinski definition) is 2. The van der Waals surface area contributed by atoms with E-state index in [0.717, 1.165) is 5.69 Å². The maximum Gasteiger partial charge on any atom is 0.125 e. The highest BCUT2D eigenvalue weighted by Crippen LogP contribution is 2.20. The number of nitrogen functional groups attached to an aromatic ring is 1. The van der Waals surface area contributed by atoms with Crippen molar-refractivity contribution in [3.05, 3.63) is 29.6 Å². The molecule has 0 saturated carbocycles. The molecule has 0 aliphatic rings. The molecule has 5 heteroatoms. The molecule has 17 heavy (non-hydrogen) atoms. The Kier molecular flexibility index (Phi) is 4.45. The summed E-state index contributed by atoms with van der Waals surface area (Å²) in [4.78, 5) is 1.89. The van der Waals surface area contributed by atoms with Crippen LogP contribution >= 0.6 is 0 Å². The van der Waals surface area contributed by atoms with Crippen molar-refractivity contribution in [2.75, 3.05) is 25.6 Å². The van der Waals surface area contributed by atoms with Crippen molar-refractivity contribution >= 4 is 11.5 Å². The zero-order valence-corrected chi connectivity index (χ0v) is 10.3. The van der Waals surface area contributed by atoms with Crippen molar-refractivity contribution < 1.29 is 9.13 Å². The van der Waals surface area contributed by atoms with Gasteiger partial charge < -0.3 is 15.4 Å². The Morgan fingerprint density at radius 3 is 2.76 bits per heavy atom. The first-order valence-electron chi connectivity index (χ1n) is 5.33. The first kappa shape index (κ1) is 13.4. The fourth-order valence-electron chi connectivity index (χ4n) is 1.62. The first-order valence-corrected chi connectivity index (χ1v) is 5.33. The van der Waals surface area contributed by atoms with Gasteiger partial charge in [-0.1, -0.05) is 0 Å². The Bertz CT molecular complexity index is 409. The third kappa shape index (κ3) is 3.42. The predicted molar refractivity (Wildman–Crippen MR) is 67.2 cm³/mol. The van der Waals surface area contributed by atoms with Gasteiger partial charge in [0.05, 0.1) is 6.10 Å². The summed E-state index contributed by atoms with van der Waals surface area (Å²) < 4.78 is 18.3. The summed E-state index contributed by atoms with van der Waals surface area (Å²) in [5.41, 5.74) is 6.57. The molecular formula is C12H18FN3O. The normalized spacial score (nSPS) is 12.2. The van der Waals surface area contributed by atoms with E-state index in [1.807, 2.05) is 18.9 Å². The van der Waals surface area contributed by atoms with E-state index in [1.54, 1.807) is 13.2 Å². The summed E-state index contributed by atoms with van der Waals surface area (Å²) in [6.45, 7) is 2.58. The second-order valence-corrected chi connectivity index (χ2v) is 4.00. The lowest BCUT2D eigenvalue weighted by Crippen LogP contribution is -2.30. The van der Waals surface area contributed by atoms with Crippen LogP contribution in [-0.2, 0) is 4.74 Å². The number of likely N-dealkylation sites (N-methyl/N-ethyl adjacent to an activating group) is 1. The Morgan fingerprint density at radius 2 is 2.24 bits per heavy atom. The minimum absolute atomic E-state index is 0.0462. The molecule has 0 saturated heterocycles. The molecule has 1 rings (SSSR count). The van der Waals surface area contributed by atoms with E-state index < -0.39 is 5.82 Å². The molecule has 0 radical (unpaired) electrons. The molecule has 0 aliphatic carbocycles. The van der Waals surface area contributed by atoms with Crippen molar-refractivity contribution in [1.82, 2.24) is 0 Å². The number of benzene rings is 1. The van der Waals surface area contributed by atoms with Crippen LogP contribution < -0.4 is 10.6 Å². The van der Waals surface area contributed by atoms with Crippen LogP contribution in [0.25, 0.3) is 0 Å². The maximum atomic E-state index is 13.1. The van der Waals surface area contributed by atoms with Crippen molar-refractivity contribution in [2.45, 2.75) is 13.0 Å². The molecule has 1 atom stereocenters. The average Bonchev–Trinajstić information content (AvgIpc) is 2.28. The topological polar surface area (TPSA) is 62.3 Å². The average molecular weight is 239 g/mol. The van der Waals surface area contributed by atoms with E-state index >= 15 is 0 Å². The van der Waals surface area contributed by atoms with E-state index in [2.05, 4.69) is 0 Å². The van der Waals surface area contributed by atoms with Crippen molar-refractivity contribution in [1.29, 1.82) is 5.41 Å². The number of nitrogens with two attached hydrogens (primary N) is 1. The summed E-state index contributed by atoms with van der Waals surface area (Å²) in [6.07, 6.45) is 0.0462. The fraction of sp³-hybridized carbons (Fsp3) is 0.417. The zero-order valence-electron chi connectivity index (χ0n) is 10.3. The number of rotatable bonds is 5. The van der Waals surface area contributed by atoms with Gasteiger partial charge in [-0.15, -0.1) is 0 Å². The monoisotopic (exact) mass is 239 g/mol. The Balaban J connectivity index is 3.00. The highest BCUT2D eigenvalue weighted by atomic mass is 19.1. The van der Waals surface area contributed by atoms with Crippen molar-refractivity contribution in [3.8, 4) is 0 Å². The highest BCUT2D eigenvalue weighted by molar-refractivity contribution is 6.00. The molecule has 94 valence electrons. The lowest BCUT2D eigenvalue weighted by atomic mass is 10.1. The van der Waals surface area contributed by atoms with Crippen LogP contribution in [0.5, 0.6) is 0 Å². The van der Waals surface area contributed by atoms with Crippen LogP contribution in [0, 0.1) is 11.2 Å². The van der Waals surface area contributed by atoms with Gasteiger partial charge in [0.2, 0.25) is 0 Å². The van der Waals surface area contributed by atoms with Crippen molar-refractivity contribution in [2.24, 2.45) is 5.73 Å². The summed E-state index contributed by atoms with van der Waals surface area (Å²) in [5, 5.41) is 7.45. The molecule has 1 aromatic rings. The first-order chi connectivity index (χ1) is 7.95. The Labute approximate surface area is 101 Å². The van der Waals surface area contributed by atoms with E-state index in [1.165, 1.54) is 12.1 Å². The number of halogens is 1. The molecule has 0 amide bonds. The van der Waals surface area contributed by atoms with E-state index in [4.69, 9.17) is 15.9 Å². The molecular weight excluding hydrogens is 221 g/mol. The smallest absolute Gasteiger partial charge is 0.125 e. The third-order valence-electron chi connectivity index (χ3n) is 2.59. The van der Waals surface area contributed by atoms with Gasteiger partial charge in [0.25, 0.3) is 0 Å². The second-order valence-electron chi connectivity index (χ2n) is 4.00. The van der Waals surface area contributed by atoms with Gasteiger partial charge in [0.15, 0.2) is 0 Å². The highest BCUT2D eigenvalue weighted by Gasteiger charge is 2.13. The van der Waals surface area contributed by atoms with Crippen LogP contribution in [0.2, 0.25) is 0 Å². The van der Waals surface area contributed by atoms with Gasteiger partial charge in [-0.25, -0.2) is 4.39 Å². The van der Waals surface area contributed by atoms with Gasteiger partial charge in [-0.3, -0.25) is 5.41 Å². The molecule has 1 aromatic carbocycles. The van der Waals surface area contributed by atoms with Crippen LogP contribution in [0.15, 0.2) is 18.2 Å². The standard InChI is InChI=1S/C12H18FN3O/c1-8(17-3)7-16(2)11-5-4-9(13)6-10(11)12(14)15/h4-6,8H,7H2,1-3H3,(H3,14,15). The van der Waals surface area contributed by atoms with Gasteiger partial charge in [0, 0.05) is 32.0 Å². The minimum atomic E-state index is -0.396. The zero-order chi connectivity index (χ0) is 13.0. The number of methoxy groups -OCH3 is 1. The van der Waals surface area contributed by atoms with E-state index in [0.29, 0.717) is 12.1 Å². The maximum absolute atomic E-state index is 13.1. The molecule has 0 aromatic heterocycles. The Morgan fingerprint density at radius 1 is 1.59 bits per heavy atom. The fourth-order valence-corrected chi connectivity index (χ4v) is 1.62. The van der Waals surface area contributed by atoms with Crippen LogP contribution in [-0.4, -0.2) is 32.6 Å². The molecule has 0 bridgehead atoms.